The molecule has 0 aromatic heterocycles. The maximum Gasteiger partial charge on any atom is 0.261 e. The lowest BCUT2D eigenvalue weighted by atomic mass is 10.1. The second-order valence-corrected chi connectivity index (χ2v) is 8.72. The lowest BCUT2D eigenvalue weighted by Crippen LogP contribution is -2.52. The molecule has 1 aliphatic carbocycles. The number of amides is 2. The van der Waals surface area contributed by atoms with Gasteiger partial charge < -0.3 is 15.0 Å². The van der Waals surface area contributed by atoms with Crippen molar-refractivity contribution < 1.29 is 18.7 Å². The minimum atomic E-state index is -0.693. The molecule has 0 aliphatic heterocycles. The van der Waals surface area contributed by atoms with Gasteiger partial charge in [-0.3, -0.25) is 9.59 Å². The van der Waals surface area contributed by atoms with E-state index in [1.165, 1.54) is 17.0 Å². The number of para-hydroxylation sites is 1. The van der Waals surface area contributed by atoms with Gasteiger partial charge in [0.1, 0.15) is 6.04 Å². The number of rotatable bonds is 9. The van der Waals surface area contributed by atoms with Crippen molar-refractivity contribution in [3.05, 3.63) is 63.9 Å². The van der Waals surface area contributed by atoms with Crippen molar-refractivity contribution in [1.82, 2.24) is 10.2 Å². The van der Waals surface area contributed by atoms with Crippen molar-refractivity contribution in [1.29, 1.82) is 0 Å². The van der Waals surface area contributed by atoms with Gasteiger partial charge in [0, 0.05) is 12.6 Å². The Morgan fingerprint density at radius 1 is 1.16 bits per heavy atom. The van der Waals surface area contributed by atoms with Crippen molar-refractivity contribution in [2.24, 2.45) is 0 Å². The third kappa shape index (κ3) is 6.36. The summed E-state index contributed by atoms with van der Waals surface area (Å²) in [5, 5.41) is 3.84. The highest BCUT2D eigenvalue weighted by molar-refractivity contribution is 6.42. The van der Waals surface area contributed by atoms with Crippen LogP contribution in [0.1, 0.15) is 44.6 Å². The van der Waals surface area contributed by atoms with Gasteiger partial charge in [0.15, 0.2) is 18.2 Å². The van der Waals surface area contributed by atoms with Gasteiger partial charge in [-0.15, -0.1) is 0 Å². The number of carbonyl (C=O) groups excluding carboxylic acids is 2. The molecule has 32 heavy (non-hydrogen) atoms. The summed E-state index contributed by atoms with van der Waals surface area (Å²) in [5.74, 6) is -1.19. The van der Waals surface area contributed by atoms with Crippen LogP contribution in [-0.2, 0) is 16.1 Å². The molecule has 2 aromatic rings. The smallest absolute Gasteiger partial charge is 0.261 e. The van der Waals surface area contributed by atoms with Gasteiger partial charge in [0.25, 0.3) is 5.91 Å². The first-order valence-electron chi connectivity index (χ1n) is 10.8. The number of carbonyl (C=O) groups is 2. The molecule has 5 nitrogen and oxygen atoms in total. The Bertz CT molecular complexity index is 951. The van der Waals surface area contributed by atoms with E-state index in [4.69, 9.17) is 27.9 Å². The topological polar surface area (TPSA) is 58.6 Å². The van der Waals surface area contributed by atoms with E-state index in [9.17, 15) is 14.0 Å². The number of ether oxygens (including phenoxy) is 1. The molecule has 1 aliphatic rings. The van der Waals surface area contributed by atoms with Gasteiger partial charge in [-0.05, 0) is 49.1 Å². The fraction of sp³-hybridized carbons (Fsp3) is 0.417. The molecule has 3 rings (SSSR count). The zero-order valence-electron chi connectivity index (χ0n) is 18.0. The molecule has 2 aromatic carbocycles. The van der Waals surface area contributed by atoms with Gasteiger partial charge in [-0.1, -0.05) is 61.2 Å². The number of halogens is 3. The van der Waals surface area contributed by atoms with Crippen LogP contribution in [0.4, 0.5) is 4.39 Å². The molecule has 1 N–H and O–H groups in total. The Balaban J connectivity index is 1.79. The van der Waals surface area contributed by atoms with Crippen molar-refractivity contribution in [2.45, 2.75) is 57.7 Å². The maximum atomic E-state index is 13.9. The highest BCUT2D eigenvalue weighted by Crippen LogP contribution is 2.25. The van der Waals surface area contributed by atoms with Gasteiger partial charge in [-0.2, -0.15) is 0 Å². The maximum absolute atomic E-state index is 13.9. The largest absolute Gasteiger partial charge is 0.481 e. The normalized spacial score (nSPS) is 14.8. The van der Waals surface area contributed by atoms with E-state index < -0.39 is 24.4 Å². The van der Waals surface area contributed by atoms with Crippen LogP contribution in [-0.4, -0.2) is 35.4 Å². The Morgan fingerprint density at radius 2 is 1.88 bits per heavy atom. The number of nitrogens with zero attached hydrogens (tertiary/aromatic N) is 1. The zero-order chi connectivity index (χ0) is 23.1. The molecule has 0 unspecified atom stereocenters. The summed E-state index contributed by atoms with van der Waals surface area (Å²) in [6, 6.07) is 10.4. The molecule has 0 bridgehead atoms. The van der Waals surface area contributed by atoms with E-state index in [0.717, 1.165) is 31.2 Å². The highest BCUT2D eigenvalue weighted by atomic mass is 35.5. The quantitative estimate of drug-likeness (QED) is 0.524. The molecule has 8 heteroatoms. The molecule has 0 radical (unpaired) electrons. The first-order chi connectivity index (χ1) is 15.4. The lowest BCUT2D eigenvalue weighted by Gasteiger charge is -2.31. The Hall–Kier alpha value is -2.31. The third-order valence-corrected chi connectivity index (χ3v) is 6.35. The second-order valence-electron chi connectivity index (χ2n) is 7.90. The molecule has 172 valence electrons. The van der Waals surface area contributed by atoms with Crippen LogP contribution in [0, 0.1) is 5.82 Å². The van der Waals surface area contributed by atoms with Crippen LogP contribution < -0.4 is 10.1 Å². The van der Waals surface area contributed by atoms with Crippen molar-refractivity contribution in [3.8, 4) is 5.75 Å². The summed E-state index contributed by atoms with van der Waals surface area (Å²) in [6.07, 6.45) is 4.48. The van der Waals surface area contributed by atoms with E-state index in [1.54, 1.807) is 30.3 Å². The summed E-state index contributed by atoms with van der Waals surface area (Å²) >= 11 is 12.2. The van der Waals surface area contributed by atoms with Crippen molar-refractivity contribution in [2.75, 3.05) is 6.61 Å². The summed E-state index contributed by atoms with van der Waals surface area (Å²) in [5.41, 5.74) is 0.728. The SMILES string of the molecule is CC[C@H](C(=O)NC1CCCC1)N(Cc1ccc(Cl)c(Cl)c1)C(=O)COc1ccccc1F. The fourth-order valence-electron chi connectivity index (χ4n) is 3.91. The minimum Gasteiger partial charge on any atom is -0.481 e. The predicted octanol–water partition coefficient (Wildman–Crippen LogP) is 5.38. The van der Waals surface area contributed by atoms with Crippen LogP contribution in [0.25, 0.3) is 0 Å². The standard InChI is InChI=1S/C24H27Cl2FN2O3/c1-2-21(24(31)28-17-7-3-4-8-17)29(14-16-11-12-18(25)19(26)13-16)23(30)15-32-22-10-6-5-9-20(22)27/h5-6,9-13,17,21H,2-4,7-8,14-15H2,1H3,(H,28,31)/t21-/m1/s1. The average molecular weight is 481 g/mol. The molecule has 1 fully saturated rings. The van der Waals surface area contributed by atoms with Crippen LogP contribution in [0.5, 0.6) is 5.75 Å². The van der Waals surface area contributed by atoms with E-state index in [-0.39, 0.29) is 24.2 Å². The van der Waals surface area contributed by atoms with Gasteiger partial charge in [0.2, 0.25) is 5.91 Å². The predicted molar refractivity (Wildman–Crippen MR) is 123 cm³/mol. The van der Waals surface area contributed by atoms with Crippen LogP contribution >= 0.6 is 23.2 Å². The summed E-state index contributed by atoms with van der Waals surface area (Å²) < 4.78 is 19.3. The number of nitrogens with one attached hydrogen (secondary N) is 1. The summed E-state index contributed by atoms with van der Waals surface area (Å²) in [7, 11) is 0. The molecule has 0 saturated heterocycles. The van der Waals surface area contributed by atoms with E-state index in [2.05, 4.69) is 5.32 Å². The number of benzene rings is 2. The van der Waals surface area contributed by atoms with E-state index in [0.29, 0.717) is 16.5 Å². The third-order valence-electron chi connectivity index (χ3n) is 5.61. The second kappa shape index (κ2) is 11.5. The van der Waals surface area contributed by atoms with Gasteiger partial charge >= 0.3 is 0 Å². The molecular weight excluding hydrogens is 454 g/mol. The molecule has 1 atom stereocenters. The van der Waals surface area contributed by atoms with Gasteiger partial charge in [-0.25, -0.2) is 4.39 Å². The average Bonchev–Trinajstić information content (AvgIpc) is 3.28. The van der Waals surface area contributed by atoms with E-state index >= 15 is 0 Å². The van der Waals surface area contributed by atoms with E-state index in [1.807, 2.05) is 6.92 Å². The van der Waals surface area contributed by atoms with Crippen molar-refractivity contribution >= 4 is 35.0 Å². The van der Waals surface area contributed by atoms with Crippen LogP contribution in [0.15, 0.2) is 42.5 Å². The first kappa shape index (κ1) is 24.3. The molecule has 0 spiro atoms. The first-order valence-corrected chi connectivity index (χ1v) is 11.6. The van der Waals surface area contributed by atoms with Crippen molar-refractivity contribution in [3.63, 3.8) is 0 Å². The number of hydrogen-bond donors (Lipinski definition) is 1. The Labute approximate surface area is 197 Å². The Kier molecular flexibility index (Phi) is 8.76. The monoisotopic (exact) mass is 480 g/mol. The van der Waals surface area contributed by atoms with Crippen LogP contribution in [0.2, 0.25) is 10.0 Å². The molecular formula is C24H27Cl2FN2O3. The van der Waals surface area contributed by atoms with Crippen LogP contribution in [0.3, 0.4) is 0 Å². The molecule has 0 heterocycles. The highest BCUT2D eigenvalue weighted by Gasteiger charge is 2.31. The molecule has 1 saturated carbocycles. The molecule has 2 amide bonds. The fourth-order valence-corrected chi connectivity index (χ4v) is 4.23. The summed E-state index contributed by atoms with van der Waals surface area (Å²) in [4.78, 5) is 27.7. The van der Waals surface area contributed by atoms with Gasteiger partial charge in [0.05, 0.1) is 10.0 Å². The number of hydrogen-bond acceptors (Lipinski definition) is 3. The minimum absolute atomic E-state index is 0.0150. The lowest BCUT2D eigenvalue weighted by molar-refractivity contribution is -0.143. The Morgan fingerprint density at radius 3 is 2.53 bits per heavy atom. The summed E-state index contributed by atoms with van der Waals surface area (Å²) in [6.45, 7) is 1.61. The zero-order valence-corrected chi connectivity index (χ0v) is 19.5.